The molecule has 0 radical (unpaired) electrons. The van der Waals surface area contributed by atoms with E-state index in [9.17, 15) is 9.59 Å². The zero-order valence-corrected chi connectivity index (χ0v) is 9.82. The van der Waals surface area contributed by atoms with Crippen molar-refractivity contribution in [1.29, 1.82) is 0 Å². The molecule has 0 heterocycles. The first kappa shape index (κ1) is 12.8. The standard InChI is InChI=1S/C11H19NO4/c1-15-10(13)9-6-4-3-5-8(9)7-12-11(14)16-2/h8-9H,3-7H2,1-2H3,(H,12,14). The van der Waals surface area contributed by atoms with Crippen LogP contribution in [0.3, 0.4) is 0 Å². The van der Waals surface area contributed by atoms with Gasteiger partial charge in [-0.3, -0.25) is 4.79 Å². The van der Waals surface area contributed by atoms with E-state index in [1.807, 2.05) is 0 Å². The van der Waals surface area contributed by atoms with Crippen LogP contribution in [-0.4, -0.2) is 32.8 Å². The molecule has 1 rings (SSSR count). The summed E-state index contributed by atoms with van der Waals surface area (Å²) in [5, 5.41) is 2.64. The number of ether oxygens (including phenoxy) is 2. The SMILES string of the molecule is COC(=O)NCC1CCCCC1C(=O)OC. The molecule has 1 aliphatic rings. The van der Waals surface area contributed by atoms with Crippen LogP contribution < -0.4 is 5.32 Å². The van der Waals surface area contributed by atoms with Crippen molar-refractivity contribution >= 4 is 12.1 Å². The lowest BCUT2D eigenvalue weighted by Crippen LogP contribution is -2.37. The Labute approximate surface area is 95.5 Å². The number of nitrogens with one attached hydrogen (secondary N) is 1. The lowest BCUT2D eigenvalue weighted by molar-refractivity contribution is -0.148. The van der Waals surface area contributed by atoms with E-state index < -0.39 is 6.09 Å². The van der Waals surface area contributed by atoms with Gasteiger partial charge >= 0.3 is 12.1 Å². The minimum Gasteiger partial charge on any atom is -0.469 e. The normalized spacial score (nSPS) is 24.6. The zero-order valence-electron chi connectivity index (χ0n) is 9.82. The minimum atomic E-state index is -0.450. The van der Waals surface area contributed by atoms with Gasteiger partial charge in [0.25, 0.3) is 0 Å². The Morgan fingerprint density at radius 2 is 1.88 bits per heavy atom. The summed E-state index contributed by atoms with van der Waals surface area (Å²) < 4.78 is 9.27. The van der Waals surface area contributed by atoms with E-state index >= 15 is 0 Å². The maximum Gasteiger partial charge on any atom is 0.406 e. The number of alkyl carbamates (subject to hydrolysis) is 1. The number of carbonyl (C=O) groups is 2. The largest absolute Gasteiger partial charge is 0.469 e. The molecule has 1 aliphatic carbocycles. The highest BCUT2D eigenvalue weighted by molar-refractivity contribution is 5.73. The molecule has 0 aromatic heterocycles. The molecule has 1 fully saturated rings. The molecule has 0 aromatic rings. The second-order valence-electron chi connectivity index (χ2n) is 4.05. The second-order valence-corrected chi connectivity index (χ2v) is 4.05. The average Bonchev–Trinajstić information content (AvgIpc) is 2.35. The van der Waals surface area contributed by atoms with Gasteiger partial charge in [-0.1, -0.05) is 12.8 Å². The van der Waals surface area contributed by atoms with Gasteiger partial charge in [-0.2, -0.15) is 0 Å². The van der Waals surface area contributed by atoms with Crippen molar-refractivity contribution in [3.8, 4) is 0 Å². The fraction of sp³-hybridized carbons (Fsp3) is 0.818. The van der Waals surface area contributed by atoms with Gasteiger partial charge in [-0.15, -0.1) is 0 Å². The van der Waals surface area contributed by atoms with Gasteiger partial charge in [0.05, 0.1) is 20.1 Å². The van der Waals surface area contributed by atoms with E-state index in [4.69, 9.17) is 4.74 Å². The predicted molar refractivity (Wildman–Crippen MR) is 57.9 cm³/mol. The van der Waals surface area contributed by atoms with Crippen molar-refractivity contribution in [3.63, 3.8) is 0 Å². The van der Waals surface area contributed by atoms with Gasteiger partial charge in [-0.05, 0) is 18.8 Å². The second kappa shape index (κ2) is 6.35. The summed E-state index contributed by atoms with van der Waals surface area (Å²) in [5.41, 5.74) is 0. The summed E-state index contributed by atoms with van der Waals surface area (Å²) in [7, 11) is 2.73. The topological polar surface area (TPSA) is 64.6 Å². The zero-order chi connectivity index (χ0) is 12.0. The van der Waals surface area contributed by atoms with Crippen molar-refractivity contribution in [2.24, 2.45) is 11.8 Å². The van der Waals surface area contributed by atoms with E-state index in [1.54, 1.807) is 0 Å². The Morgan fingerprint density at radius 3 is 2.50 bits per heavy atom. The Bertz CT molecular complexity index is 254. The van der Waals surface area contributed by atoms with Crippen LogP contribution >= 0.6 is 0 Å². The van der Waals surface area contributed by atoms with Gasteiger partial charge < -0.3 is 14.8 Å². The van der Waals surface area contributed by atoms with Crippen LogP contribution in [0.15, 0.2) is 0 Å². The number of hydrogen-bond acceptors (Lipinski definition) is 4. The molecule has 92 valence electrons. The molecule has 5 heteroatoms. The van der Waals surface area contributed by atoms with E-state index in [2.05, 4.69) is 10.1 Å². The summed E-state index contributed by atoms with van der Waals surface area (Å²) in [6.45, 7) is 0.479. The molecule has 0 aliphatic heterocycles. The van der Waals surface area contributed by atoms with Crippen LogP contribution in [0.4, 0.5) is 4.79 Å². The highest BCUT2D eigenvalue weighted by Crippen LogP contribution is 2.30. The van der Waals surface area contributed by atoms with E-state index in [-0.39, 0.29) is 17.8 Å². The maximum absolute atomic E-state index is 11.5. The fourth-order valence-electron chi connectivity index (χ4n) is 2.20. The smallest absolute Gasteiger partial charge is 0.406 e. The third-order valence-electron chi connectivity index (χ3n) is 3.11. The number of carbonyl (C=O) groups excluding carboxylic acids is 2. The number of rotatable bonds is 3. The predicted octanol–water partition coefficient (Wildman–Crippen LogP) is 1.32. The van der Waals surface area contributed by atoms with Gasteiger partial charge in [0.15, 0.2) is 0 Å². The summed E-state index contributed by atoms with van der Waals surface area (Å²) in [6, 6.07) is 0. The van der Waals surface area contributed by atoms with Crippen LogP contribution in [0.2, 0.25) is 0 Å². The minimum absolute atomic E-state index is 0.0871. The number of esters is 1. The lowest BCUT2D eigenvalue weighted by Gasteiger charge is -2.29. The molecule has 0 bridgehead atoms. The first-order valence-corrected chi connectivity index (χ1v) is 5.58. The Morgan fingerprint density at radius 1 is 1.19 bits per heavy atom. The number of amides is 1. The molecular formula is C11H19NO4. The van der Waals surface area contributed by atoms with Gasteiger partial charge in [0, 0.05) is 6.54 Å². The Balaban J connectivity index is 2.47. The lowest BCUT2D eigenvalue weighted by atomic mass is 9.79. The molecular weight excluding hydrogens is 210 g/mol. The summed E-state index contributed by atoms with van der Waals surface area (Å²) in [4.78, 5) is 22.5. The van der Waals surface area contributed by atoms with Gasteiger partial charge in [0.1, 0.15) is 0 Å². The van der Waals surface area contributed by atoms with Crippen LogP contribution in [-0.2, 0) is 14.3 Å². The molecule has 5 nitrogen and oxygen atoms in total. The summed E-state index contributed by atoms with van der Waals surface area (Å²) in [6.07, 6.45) is 3.49. The molecule has 0 spiro atoms. The maximum atomic E-state index is 11.5. The molecule has 1 N–H and O–H groups in total. The van der Waals surface area contributed by atoms with E-state index in [1.165, 1.54) is 14.2 Å². The van der Waals surface area contributed by atoms with Crippen molar-refractivity contribution in [2.45, 2.75) is 25.7 Å². The summed E-state index contributed by atoms with van der Waals surface area (Å²) in [5.74, 6) is -0.0902. The van der Waals surface area contributed by atoms with Crippen LogP contribution in [0.1, 0.15) is 25.7 Å². The van der Waals surface area contributed by atoms with Crippen LogP contribution in [0.5, 0.6) is 0 Å². The van der Waals surface area contributed by atoms with Gasteiger partial charge in [0.2, 0.25) is 0 Å². The van der Waals surface area contributed by atoms with Crippen molar-refractivity contribution < 1.29 is 19.1 Å². The van der Waals surface area contributed by atoms with Crippen LogP contribution in [0.25, 0.3) is 0 Å². The first-order chi connectivity index (χ1) is 7.69. The highest BCUT2D eigenvalue weighted by Gasteiger charge is 2.31. The molecule has 2 unspecified atom stereocenters. The molecule has 1 amide bonds. The van der Waals surface area contributed by atoms with Crippen molar-refractivity contribution in [3.05, 3.63) is 0 Å². The van der Waals surface area contributed by atoms with E-state index in [0.29, 0.717) is 6.54 Å². The third kappa shape index (κ3) is 3.40. The van der Waals surface area contributed by atoms with Crippen molar-refractivity contribution in [2.75, 3.05) is 20.8 Å². The molecule has 2 atom stereocenters. The highest BCUT2D eigenvalue weighted by atomic mass is 16.5. The number of methoxy groups -OCH3 is 2. The third-order valence-corrected chi connectivity index (χ3v) is 3.11. The first-order valence-electron chi connectivity index (χ1n) is 5.58. The van der Waals surface area contributed by atoms with E-state index in [0.717, 1.165) is 25.7 Å². The Kier molecular flexibility index (Phi) is 5.08. The fourth-order valence-corrected chi connectivity index (χ4v) is 2.20. The Hall–Kier alpha value is -1.26. The number of hydrogen-bond donors (Lipinski definition) is 1. The van der Waals surface area contributed by atoms with Crippen LogP contribution in [0, 0.1) is 11.8 Å². The average molecular weight is 229 g/mol. The summed E-state index contributed by atoms with van der Waals surface area (Å²) >= 11 is 0. The molecule has 0 saturated heterocycles. The van der Waals surface area contributed by atoms with Gasteiger partial charge in [-0.25, -0.2) is 4.79 Å². The van der Waals surface area contributed by atoms with Crippen molar-refractivity contribution in [1.82, 2.24) is 5.32 Å². The quantitative estimate of drug-likeness (QED) is 0.741. The monoisotopic (exact) mass is 229 g/mol. The molecule has 1 saturated carbocycles. The molecule has 0 aromatic carbocycles. The molecule has 16 heavy (non-hydrogen) atoms.